The molecule has 21 heavy (non-hydrogen) atoms. The van der Waals surface area contributed by atoms with Crippen LogP contribution in [-0.4, -0.2) is 30.2 Å². The quantitative estimate of drug-likeness (QED) is 0.886. The van der Waals surface area contributed by atoms with Crippen molar-refractivity contribution in [3.63, 3.8) is 0 Å². The SMILES string of the molecule is O=C(CC1(C(=O)O)CCC1)Nc1ccc2c(c1)OCCO2. The van der Waals surface area contributed by atoms with Crippen LogP contribution in [0.15, 0.2) is 18.2 Å². The first-order valence-electron chi connectivity index (χ1n) is 7.02. The fourth-order valence-electron chi connectivity index (χ4n) is 2.70. The van der Waals surface area contributed by atoms with Crippen LogP contribution in [0, 0.1) is 5.41 Å². The van der Waals surface area contributed by atoms with Gasteiger partial charge < -0.3 is 19.9 Å². The van der Waals surface area contributed by atoms with E-state index in [1.165, 1.54) is 0 Å². The summed E-state index contributed by atoms with van der Waals surface area (Å²) in [6.07, 6.45) is 2.01. The second kappa shape index (κ2) is 5.27. The number of carboxylic acids is 1. The number of rotatable bonds is 4. The van der Waals surface area contributed by atoms with E-state index in [4.69, 9.17) is 9.47 Å². The first-order valence-corrected chi connectivity index (χ1v) is 7.02. The van der Waals surface area contributed by atoms with Gasteiger partial charge in [0.1, 0.15) is 13.2 Å². The van der Waals surface area contributed by atoms with Gasteiger partial charge in [0.25, 0.3) is 0 Å². The van der Waals surface area contributed by atoms with E-state index in [9.17, 15) is 14.7 Å². The van der Waals surface area contributed by atoms with Crippen LogP contribution in [-0.2, 0) is 9.59 Å². The minimum absolute atomic E-state index is 0.0107. The molecular weight excluding hydrogens is 274 g/mol. The van der Waals surface area contributed by atoms with Crippen LogP contribution in [0.5, 0.6) is 11.5 Å². The molecule has 0 aromatic heterocycles. The summed E-state index contributed by atoms with van der Waals surface area (Å²) >= 11 is 0. The van der Waals surface area contributed by atoms with Crippen LogP contribution in [0.3, 0.4) is 0 Å². The molecule has 1 aliphatic heterocycles. The summed E-state index contributed by atoms with van der Waals surface area (Å²) in [7, 11) is 0. The van der Waals surface area contributed by atoms with Gasteiger partial charge in [-0.15, -0.1) is 0 Å². The van der Waals surface area contributed by atoms with Crippen molar-refractivity contribution in [3.8, 4) is 11.5 Å². The van der Waals surface area contributed by atoms with E-state index in [0.29, 0.717) is 43.2 Å². The number of anilines is 1. The van der Waals surface area contributed by atoms with Crippen LogP contribution in [0.2, 0.25) is 0 Å². The Morgan fingerprint density at radius 3 is 2.52 bits per heavy atom. The van der Waals surface area contributed by atoms with Crippen molar-refractivity contribution in [2.75, 3.05) is 18.5 Å². The first-order chi connectivity index (χ1) is 10.1. The van der Waals surface area contributed by atoms with Crippen molar-refractivity contribution < 1.29 is 24.2 Å². The Balaban J connectivity index is 1.66. The Morgan fingerprint density at radius 2 is 1.90 bits per heavy atom. The monoisotopic (exact) mass is 291 g/mol. The summed E-state index contributed by atoms with van der Waals surface area (Å²) in [5.74, 6) is 0.0794. The molecule has 6 heteroatoms. The highest BCUT2D eigenvalue weighted by Crippen LogP contribution is 2.44. The first kappa shape index (κ1) is 13.7. The second-order valence-corrected chi connectivity index (χ2v) is 5.52. The molecule has 1 heterocycles. The highest BCUT2D eigenvalue weighted by molar-refractivity contribution is 5.94. The molecule has 0 spiro atoms. The molecule has 1 saturated carbocycles. The van der Waals surface area contributed by atoms with E-state index in [-0.39, 0.29) is 12.3 Å². The molecule has 0 atom stereocenters. The van der Waals surface area contributed by atoms with E-state index < -0.39 is 11.4 Å². The third-order valence-electron chi connectivity index (χ3n) is 4.09. The maximum Gasteiger partial charge on any atom is 0.310 e. The molecule has 0 saturated heterocycles. The molecule has 6 nitrogen and oxygen atoms in total. The third-order valence-corrected chi connectivity index (χ3v) is 4.09. The molecule has 2 aliphatic rings. The number of amides is 1. The fourth-order valence-corrected chi connectivity index (χ4v) is 2.70. The molecule has 1 aromatic carbocycles. The van der Waals surface area contributed by atoms with Crippen molar-refractivity contribution >= 4 is 17.6 Å². The summed E-state index contributed by atoms with van der Waals surface area (Å²) in [6, 6.07) is 5.15. The van der Waals surface area contributed by atoms with Crippen molar-refractivity contribution in [3.05, 3.63) is 18.2 Å². The number of carboxylic acid groups (broad SMARTS) is 1. The van der Waals surface area contributed by atoms with Gasteiger partial charge in [-0.05, 0) is 25.0 Å². The lowest BCUT2D eigenvalue weighted by Gasteiger charge is -2.36. The lowest BCUT2D eigenvalue weighted by molar-refractivity contribution is -0.157. The standard InChI is InChI=1S/C15H17NO5/c17-13(9-15(14(18)19)4-1-5-15)16-10-2-3-11-12(8-10)21-7-6-20-11/h2-3,8H,1,4-7,9H2,(H,16,17)(H,18,19). The number of nitrogens with one attached hydrogen (secondary N) is 1. The average Bonchev–Trinajstić information content (AvgIpc) is 2.42. The van der Waals surface area contributed by atoms with E-state index in [0.717, 1.165) is 6.42 Å². The van der Waals surface area contributed by atoms with Gasteiger partial charge in [0.15, 0.2) is 11.5 Å². The summed E-state index contributed by atoms with van der Waals surface area (Å²) in [5, 5.41) is 12.0. The fraction of sp³-hybridized carbons (Fsp3) is 0.467. The maximum atomic E-state index is 12.0. The molecule has 2 N–H and O–H groups in total. The Labute approximate surface area is 122 Å². The molecule has 112 valence electrons. The Morgan fingerprint density at radius 1 is 1.19 bits per heavy atom. The number of aliphatic carboxylic acids is 1. The van der Waals surface area contributed by atoms with Gasteiger partial charge in [0.2, 0.25) is 5.91 Å². The third kappa shape index (κ3) is 2.66. The van der Waals surface area contributed by atoms with Crippen molar-refractivity contribution in [1.29, 1.82) is 0 Å². The number of carbonyl (C=O) groups excluding carboxylic acids is 1. The van der Waals surface area contributed by atoms with Crippen LogP contribution in [0.4, 0.5) is 5.69 Å². The van der Waals surface area contributed by atoms with E-state index in [2.05, 4.69) is 5.32 Å². The number of hydrogen-bond acceptors (Lipinski definition) is 4. The molecule has 0 radical (unpaired) electrons. The molecule has 0 bridgehead atoms. The summed E-state index contributed by atoms with van der Waals surface area (Å²) in [4.78, 5) is 23.3. The van der Waals surface area contributed by atoms with Gasteiger partial charge in [-0.2, -0.15) is 0 Å². The van der Waals surface area contributed by atoms with E-state index in [1.807, 2.05) is 0 Å². The maximum absolute atomic E-state index is 12.0. The normalized spacial score (nSPS) is 18.5. The minimum Gasteiger partial charge on any atom is -0.486 e. The molecule has 1 aliphatic carbocycles. The van der Waals surface area contributed by atoms with Gasteiger partial charge in [0, 0.05) is 18.2 Å². The van der Waals surface area contributed by atoms with Crippen LogP contribution in [0.25, 0.3) is 0 Å². The van der Waals surface area contributed by atoms with E-state index >= 15 is 0 Å². The highest BCUT2D eigenvalue weighted by atomic mass is 16.6. The number of fused-ring (bicyclic) bond motifs is 1. The number of ether oxygens (including phenoxy) is 2. The zero-order valence-corrected chi connectivity index (χ0v) is 11.6. The smallest absolute Gasteiger partial charge is 0.310 e. The van der Waals surface area contributed by atoms with Crippen molar-refractivity contribution in [2.45, 2.75) is 25.7 Å². The van der Waals surface area contributed by atoms with Crippen LogP contribution < -0.4 is 14.8 Å². The lowest BCUT2D eigenvalue weighted by Crippen LogP contribution is -2.41. The Hall–Kier alpha value is -2.24. The zero-order chi connectivity index (χ0) is 14.9. The highest BCUT2D eigenvalue weighted by Gasteiger charge is 2.45. The second-order valence-electron chi connectivity index (χ2n) is 5.52. The molecule has 0 unspecified atom stereocenters. The molecule has 1 amide bonds. The van der Waals surface area contributed by atoms with Gasteiger partial charge in [-0.1, -0.05) is 6.42 Å². The molecule has 1 fully saturated rings. The number of carbonyl (C=O) groups is 2. The number of hydrogen-bond donors (Lipinski definition) is 2. The molecule has 1 aromatic rings. The predicted octanol–water partition coefficient (Wildman–Crippen LogP) is 2.04. The Kier molecular flexibility index (Phi) is 3.45. The summed E-state index contributed by atoms with van der Waals surface area (Å²) < 4.78 is 10.9. The summed E-state index contributed by atoms with van der Waals surface area (Å²) in [5.41, 5.74) is -0.290. The Bertz CT molecular complexity index is 579. The van der Waals surface area contributed by atoms with Gasteiger partial charge >= 0.3 is 5.97 Å². The van der Waals surface area contributed by atoms with Crippen molar-refractivity contribution in [2.24, 2.45) is 5.41 Å². The van der Waals surface area contributed by atoms with Crippen LogP contribution in [0.1, 0.15) is 25.7 Å². The average molecular weight is 291 g/mol. The van der Waals surface area contributed by atoms with Crippen molar-refractivity contribution in [1.82, 2.24) is 0 Å². The predicted molar refractivity (Wildman–Crippen MR) is 74.6 cm³/mol. The van der Waals surface area contributed by atoms with Gasteiger partial charge in [-0.3, -0.25) is 9.59 Å². The topological polar surface area (TPSA) is 84.9 Å². The molecule has 3 rings (SSSR count). The minimum atomic E-state index is -0.883. The summed E-state index contributed by atoms with van der Waals surface area (Å²) in [6.45, 7) is 0.992. The van der Waals surface area contributed by atoms with Crippen LogP contribution >= 0.6 is 0 Å². The number of benzene rings is 1. The van der Waals surface area contributed by atoms with E-state index in [1.54, 1.807) is 18.2 Å². The lowest BCUT2D eigenvalue weighted by atomic mass is 9.66. The van der Waals surface area contributed by atoms with Gasteiger partial charge in [-0.25, -0.2) is 0 Å². The largest absolute Gasteiger partial charge is 0.486 e. The zero-order valence-electron chi connectivity index (χ0n) is 11.6. The molecular formula is C15H17NO5. The van der Waals surface area contributed by atoms with Gasteiger partial charge in [0.05, 0.1) is 5.41 Å².